The molecular weight excluding hydrogens is 459 g/mol. The highest BCUT2D eigenvalue weighted by atomic mass is 19.1. The van der Waals surface area contributed by atoms with Gasteiger partial charge in [0.2, 0.25) is 0 Å². The highest BCUT2D eigenvalue weighted by Gasteiger charge is 2.33. The van der Waals surface area contributed by atoms with Crippen LogP contribution in [0.3, 0.4) is 0 Å². The zero-order valence-corrected chi connectivity index (χ0v) is 20.0. The van der Waals surface area contributed by atoms with E-state index in [9.17, 15) is 9.18 Å². The van der Waals surface area contributed by atoms with E-state index in [1.165, 1.54) is 13.2 Å². The van der Waals surface area contributed by atoms with Crippen LogP contribution in [0, 0.1) is 5.82 Å². The SMILES string of the molecule is COc1c(F)cccc1Cn1c2nc3c1C(=O)NC[C@H]3C/C=C\[C@@H](C)Oc1ccc3nccc-2c3c1. The first-order chi connectivity index (χ1) is 17.5. The molecule has 4 heterocycles. The van der Waals surface area contributed by atoms with E-state index in [4.69, 9.17) is 14.5 Å². The average Bonchev–Trinajstić information content (AvgIpc) is 3.25. The Morgan fingerprint density at radius 3 is 3.00 bits per heavy atom. The molecule has 2 aromatic carbocycles. The summed E-state index contributed by atoms with van der Waals surface area (Å²) in [5, 5.41) is 3.88. The van der Waals surface area contributed by atoms with E-state index in [-0.39, 0.29) is 30.2 Å². The van der Waals surface area contributed by atoms with E-state index in [2.05, 4.69) is 16.4 Å². The summed E-state index contributed by atoms with van der Waals surface area (Å²) in [6, 6.07) is 12.5. The highest BCUT2D eigenvalue weighted by molar-refractivity contribution is 5.98. The molecule has 0 saturated carbocycles. The Morgan fingerprint density at radius 2 is 2.14 bits per heavy atom. The van der Waals surface area contributed by atoms with Crippen LogP contribution in [0.1, 0.15) is 41.0 Å². The average molecular weight is 485 g/mol. The lowest BCUT2D eigenvalue weighted by atomic mass is 9.95. The molecule has 8 heteroatoms. The zero-order chi connectivity index (χ0) is 24.8. The van der Waals surface area contributed by atoms with Gasteiger partial charge in [-0.05, 0) is 49.8 Å². The minimum atomic E-state index is -0.453. The lowest BCUT2D eigenvalue weighted by Gasteiger charge is -2.23. The van der Waals surface area contributed by atoms with E-state index in [1.807, 2.05) is 41.8 Å². The third-order valence-electron chi connectivity index (χ3n) is 6.79. The zero-order valence-electron chi connectivity index (χ0n) is 20.0. The molecule has 7 nitrogen and oxygen atoms in total. The summed E-state index contributed by atoms with van der Waals surface area (Å²) >= 11 is 0. The van der Waals surface area contributed by atoms with Crippen molar-refractivity contribution in [3.05, 3.63) is 83.6 Å². The number of carbonyl (C=O) groups excluding carboxylic acids is 1. The quantitative estimate of drug-likeness (QED) is 0.421. The molecule has 2 atom stereocenters. The molecule has 0 fully saturated rings. The van der Waals surface area contributed by atoms with Gasteiger partial charge < -0.3 is 19.4 Å². The van der Waals surface area contributed by atoms with Gasteiger partial charge in [0.15, 0.2) is 11.6 Å². The van der Waals surface area contributed by atoms with Gasteiger partial charge in [-0.3, -0.25) is 9.78 Å². The summed E-state index contributed by atoms with van der Waals surface area (Å²) in [6.07, 6.45) is 6.42. The molecule has 0 spiro atoms. The van der Waals surface area contributed by atoms with Crippen molar-refractivity contribution in [1.82, 2.24) is 19.9 Å². The van der Waals surface area contributed by atoms with Crippen molar-refractivity contribution in [1.29, 1.82) is 0 Å². The van der Waals surface area contributed by atoms with Crippen LogP contribution in [0.25, 0.3) is 22.3 Å². The molecule has 1 N–H and O–H groups in total. The van der Waals surface area contributed by atoms with Gasteiger partial charge in [0.1, 0.15) is 23.4 Å². The van der Waals surface area contributed by atoms with Crippen LogP contribution in [-0.4, -0.2) is 40.2 Å². The van der Waals surface area contributed by atoms with E-state index in [0.717, 1.165) is 27.9 Å². The molecule has 0 radical (unpaired) electrons. The fraction of sp³-hybridized carbons (Fsp3) is 0.250. The molecule has 36 heavy (non-hydrogen) atoms. The Balaban J connectivity index is 1.64. The number of benzene rings is 2. The van der Waals surface area contributed by atoms with E-state index in [1.54, 1.807) is 18.3 Å². The first-order valence-corrected chi connectivity index (χ1v) is 12.0. The molecule has 2 aliphatic heterocycles. The van der Waals surface area contributed by atoms with Crippen LogP contribution >= 0.6 is 0 Å². The number of fused-ring (bicyclic) bond motifs is 3. The van der Waals surface area contributed by atoms with Crippen LogP contribution in [0.4, 0.5) is 4.39 Å². The number of nitrogens with zero attached hydrogens (tertiary/aromatic N) is 3. The summed E-state index contributed by atoms with van der Waals surface area (Å²) in [7, 11) is 1.44. The number of hydrogen-bond donors (Lipinski definition) is 1. The number of ether oxygens (including phenoxy) is 2. The monoisotopic (exact) mass is 484 g/mol. The summed E-state index contributed by atoms with van der Waals surface area (Å²) in [6.45, 7) is 2.70. The number of rotatable bonds is 3. The van der Waals surface area contributed by atoms with Gasteiger partial charge in [-0.2, -0.15) is 0 Å². The molecule has 2 aliphatic rings. The fourth-order valence-electron chi connectivity index (χ4n) is 5.10. The third-order valence-corrected chi connectivity index (χ3v) is 6.79. The number of pyridine rings is 1. The molecule has 182 valence electrons. The second kappa shape index (κ2) is 8.78. The Labute approximate surface area is 207 Å². The van der Waals surface area contributed by atoms with Gasteiger partial charge in [-0.25, -0.2) is 9.37 Å². The van der Waals surface area contributed by atoms with Crippen molar-refractivity contribution < 1.29 is 18.7 Å². The van der Waals surface area contributed by atoms with Gasteiger partial charge in [0.05, 0.1) is 24.9 Å². The predicted molar refractivity (Wildman–Crippen MR) is 134 cm³/mol. The van der Waals surface area contributed by atoms with Gasteiger partial charge in [0.25, 0.3) is 5.91 Å². The van der Waals surface area contributed by atoms with Gasteiger partial charge in [-0.1, -0.05) is 18.2 Å². The van der Waals surface area contributed by atoms with E-state index in [0.29, 0.717) is 30.0 Å². The number of aromatic nitrogens is 3. The maximum Gasteiger partial charge on any atom is 0.269 e. The molecule has 0 unspecified atom stereocenters. The number of imidazole rings is 1. The maximum atomic E-state index is 14.6. The second-order valence-corrected chi connectivity index (χ2v) is 9.12. The minimum absolute atomic E-state index is 0.00301. The van der Waals surface area contributed by atoms with Gasteiger partial charge in [-0.15, -0.1) is 0 Å². The summed E-state index contributed by atoms with van der Waals surface area (Å²) < 4.78 is 27.9. The summed E-state index contributed by atoms with van der Waals surface area (Å²) in [5.74, 6) is 0.846. The molecule has 0 saturated heterocycles. The van der Waals surface area contributed by atoms with Crippen LogP contribution in [0.15, 0.2) is 60.8 Å². The number of amides is 1. The Bertz CT molecular complexity index is 1530. The number of carbonyl (C=O) groups is 1. The van der Waals surface area contributed by atoms with E-state index < -0.39 is 5.82 Å². The lowest BCUT2D eigenvalue weighted by Crippen LogP contribution is -2.36. The molecular formula is C28H25FN4O3. The van der Waals surface area contributed by atoms with Crippen molar-refractivity contribution in [2.75, 3.05) is 13.7 Å². The fourth-order valence-corrected chi connectivity index (χ4v) is 5.10. The normalized spacial score (nSPS) is 19.6. The molecule has 0 aliphatic carbocycles. The first kappa shape index (κ1) is 22.3. The van der Waals surface area contributed by atoms with Crippen molar-refractivity contribution in [2.24, 2.45) is 0 Å². The highest BCUT2D eigenvalue weighted by Crippen LogP contribution is 2.37. The molecule has 6 rings (SSSR count). The van der Waals surface area contributed by atoms with Crippen molar-refractivity contribution in [2.45, 2.75) is 31.9 Å². The van der Waals surface area contributed by atoms with Crippen LogP contribution in [0.5, 0.6) is 11.5 Å². The molecule has 4 bridgehead atoms. The van der Waals surface area contributed by atoms with Crippen molar-refractivity contribution in [3.8, 4) is 22.9 Å². The van der Waals surface area contributed by atoms with Crippen LogP contribution in [0.2, 0.25) is 0 Å². The minimum Gasteiger partial charge on any atom is -0.493 e. The number of allylic oxidation sites excluding steroid dienone is 1. The molecule has 1 amide bonds. The lowest BCUT2D eigenvalue weighted by molar-refractivity contribution is 0.0930. The topological polar surface area (TPSA) is 78.3 Å². The van der Waals surface area contributed by atoms with E-state index >= 15 is 0 Å². The molecule has 4 aromatic rings. The number of methoxy groups -OCH3 is 1. The number of hydrogen-bond acceptors (Lipinski definition) is 5. The van der Waals surface area contributed by atoms with Crippen LogP contribution in [-0.2, 0) is 6.54 Å². The van der Waals surface area contributed by atoms with Gasteiger partial charge in [0, 0.05) is 35.2 Å². The smallest absolute Gasteiger partial charge is 0.269 e. The van der Waals surface area contributed by atoms with Crippen molar-refractivity contribution >= 4 is 16.8 Å². The Morgan fingerprint density at radius 1 is 1.25 bits per heavy atom. The first-order valence-electron chi connectivity index (χ1n) is 12.0. The molecule has 2 aromatic heterocycles. The number of nitrogens with one attached hydrogen (secondary N) is 1. The summed E-state index contributed by atoms with van der Waals surface area (Å²) in [5.41, 5.74) is 3.45. The largest absolute Gasteiger partial charge is 0.493 e. The van der Waals surface area contributed by atoms with Crippen molar-refractivity contribution in [3.63, 3.8) is 0 Å². The Hall–Kier alpha value is -4.20. The third kappa shape index (κ3) is 3.69. The second-order valence-electron chi connectivity index (χ2n) is 9.12. The van der Waals surface area contributed by atoms with Crippen LogP contribution < -0.4 is 14.8 Å². The summed E-state index contributed by atoms with van der Waals surface area (Å²) in [4.78, 5) is 22.8. The van der Waals surface area contributed by atoms with Gasteiger partial charge >= 0.3 is 0 Å². The predicted octanol–water partition coefficient (Wildman–Crippen LogP) is 4.85. The number of para-hydroxylation sites is 1. The standard InChI is InChI=1S/C28H25FN4O3/c1-16-5-3-6-17-14-31-28(34)25-24(17)32-27(33(25)15-18-7-4-8-22(29)26(18)35-2)20-11-12-30-23-10-9-19(36-16)13-21(20)23/h3-5,7-13,16-17H,6,14-15H2,1-2H3,(H,31,34)/b5-3-/t16-,17-/m1/s1. The number of halogens is 1. The maximum absolute atomic E-state index is 14.6. The Kier molecular flexibility index (Phi) is 5.44.